The van der Waals surface area contributed by atoms with E-state index in [0.29, 0.717) is 17.9 Å². The zero-order valence-corrected chi connectivity index (χ0v) is 32.3. The van der Waals surface area contributed by atoms with E-state index in [1.807, 2.05) is 12.1 Å². The van der Waals surface area contributed by atoms with Crippen LogP contribution in [0.2, 0.25) is 9.36 Å². The number of halogens is 2. The van der Waals surface area contributed by atoms with E-state index in [1.165, 1.54) is 21.9 Å². The Morgan fingerprint density at radius 3 is 2.58 bits per heavy atom. The lowest BCUT2D eigenvalue weighted by Gasteiger charge is -2.29. The molecule has 1 saturated heterocycles. The molecule has 0 bridgehead atoms. The quantitative estimate of drug-likeness (QED) is 0.343. The number of nitrogens with zero attached hydrogens (tertiary/aromatic N) is 2. The summed E-state index contributed by atoms with van der Waals surface area (Å²) in [6.07, 6.45) is 3.81. The number of nitrogens with one attached hydrogen (secondary N) is 3. The monoisotopic (exact) mass is 809 g/mol. The number of carbonyl (C=O) groups is 5. The predicted molar refractivity (Wildman–Crippen MR) is 195 cm³/mol. The number of rotatable bonds is 6. The van der Waals surface area contributed by atoms with E-state index >= 15 is 0 Å². The van der Waals surface area contributed by atoms with Gasteiger partial charge in [0.15, 0.2) is 0 Å². The summed E-state index contributed by atoms with van der Waals surface area (Å²) < 4.78 is 39.6. The average molecular weight is 811 g/mol. The molecule has 1 saturated carbocycles. The molecule has 53 heavy (non-hydrogen) atoms. The number of fused-ring (bicyclic) bond motifs is 3. The van der Waals surface area contributed by atoms with E-state index in [-0.39, 0.29) is 47.4 Å². The smallest absolute Gasteiger partial charge is 0.410 e. The van der Waals surface area contributed by atoms with Crippen molar-refractivity contribution in [2.45, 2.75) is 106 Å². The van der Waals surface area contributed by atoms with Crippen LogP contribution < -0.4 is 15.4 Å². The number of ether oxygens (including phenoxy) is 2. The van der Waals surface area contributed by atoms with Crippen LogP contribution in [0.5, 0.6) is 0 Å². The molecular weight excluding hydrogens is 769 g/mol. The van der Waals surface area contributed by atoms with Gasteiger partial charge in [0, 0.05) is 23.9 Å². The number of amides is 5. The molecule has 5 unspecified atom stereocenters. The molecule has 1 aliphatic carbocycles. The van der Waals surface area contributed by atoms with Crippen LogP contribution in [0.1, 0.15) is 69.9 Å². The average Bonchev–Trinajstić information content (AvgIpc) is 3.46. The molecule has 6 rings (SSSR count). The van der Waals surface area contributed by atoms with E-state index in [0.717, 1.165) is 35.3 Å². The van der Waals surface area contributed by atoms with Crippen molar-refractivity contribution in [2.75, 3.05) is 6.54 Å². The summed E-state index contributed by atoms with van der Waals surface area (Å²) in [6.45, 7) is 3.68. The van der Waals surface area contributed by atoms with Crippen molar-refractivity contribution < 1.29 is 41.9 Å². The first kappa shape index (κ1) is 38.9. The maximum Gasteiger partial charge on any atom is 0.410 e. The normalized spacial score (nSPS) is 26.7. The summed E-state index contributed by atoms with van der Waals surface area (Å²) >= 11 is 13.1. The van der Waals surface area contributed by atoms with Crippen LogP contribution in [0, 0.1) is 5.92 Å². The van der Waals surface area contributed by atoms with Crippen molar-refractivity contribution >= 4 is 74.5 Å². The summed E-state index contributed by atoms with van der Waals surface area (Å²) in [4.78, 5) is 71.2. The van der Waals surface area contributed by atoms with Gasteiger partial charge in [-0.2, -0.15) is 0 Å². The fourth-order valence-corrected chi connectivity index (χ4v) is 9.76. The molecule has 1 aromatic heterocycles. The standard InChI is InChI=1S/C35H41Cl2N5O9S2/c1-20(2)50-33(46)38-26-12-7-5-3-4-6-10-22-16-35(22,32(45)40-53(48,49)29-14-13-28(37)52-29)39-30(43)27-15-23(18-42(27)31(26)44)51-34(47)41-17-21-9-8-11-25(36)24(21)19-41/h6,8-11,13-14,20,22-23,26-27H,3-5,7,12,15-19H2,1-2H3,(H,38,46)(H,39,43)(H,40,45)/b10-6-. The van der Waals surface area contributed by atoms with Gasteiger partial charge in [0.2, 0.25) is 11.8 Å². The molecule has 0 radical (unpaired) electrons. The minimum atomic E-state index is -4.32. The minimum absolute atomic E-state index is 0.113. The van der Waals surface area contributed by atoms with Gasteiger partial charge in [-0.25, -0.2) is 22.7 Å². The van der Waals surface area contributed by atoms with Crippen molar-refractivity contribution in [2.24, 2.45) is 5.92 Å². The molecule has 3 aliphatic heterocycles. The van der Waals surface area contributed by atoms with E-state index in [2.05, 4.69) is 15.4 Å². The van der Waals surface area contributed by atoms with Crippen LogP contribution in [0.25, 0.3) is 0 Å². The Morgan fingerprint density at radius 2 is 1.87 bits per heavy atom. The highest BCUT2D eigenvalue weighted by Crippen LogP contribution is 2.46. The lowest BCUT2D eigenvalue weighted by Crippen LogP contribution is -2.58. The van der Waals surface area contributed by atoms with Crippen LogP contribution >= 0.6 is 34.5 Å². The van der Waals surface area contributed by atoms with Crippen molar-refractivity contribution in [3.8, 4) is 0 Å². The Hall–Kier alpha value is -3.86. The van der Waals surface area contributed by atoms with Crippen LogP contribution in [-0.2, 0) is 47.0 Å². The SMILES string of the molecule is CC(C)OC(=O)NC1CCCCC/C=C\C2CC2(C(=O)NS(=O)(=O)c2ccc(Cl)s2)NC(=O)C2CC(OC(=O)N3Cc4cccc(Cl)c4C3)CN2C1=O. The number of hydrogen-bond acceptors (Lipinski definition) is 10. The van der Waals surface area contributed by atoms with Crippen LogP contribution in [-0.4, -0.2) is 84.5 Å². The molecule has 14 nitrogen and oxygen atoms in total. The summed E-state index contributed by atoms with van der Waals surface area (Å²) in [5.74, 6) is -2.78. The number of sulfonamides is 1. The second kappa shape index (κ2) is 15.9. The summed E-state index contributed by atoms with van der Waals surface area (Å²) in [6, 6.07) is 5.79. The van der Waals surface area contributed by atoms with Crippen molar-refractivity contribution in [3.05, 3.63) is 63.0 Å². The summed E-state index contributed by atoms with van der Waals surface area (Å²) in [5, 5.41) is 5.96. The third kappa shape index (κ3) is 8.76. The lowest BCUT2D eigenvalue weighted by atomic mass is 10.0. The first-order valence-corrected chi connectivity index (χ1v) is 20.5. The maximum atomic E-state index is 14.3. The molecule has 286 valence electrons. The molecule has 0 spiro atoms. The maximum absolute atomic E-state index is 14.3. The lowest BCUT2D eigenvalue weighted by molar-refractivity contribution is -0.141. The predicted octanol–water partition coefficient (Wildman–Crippen LogP) is 4.88. The second-order valence-corrected chi connectivity index (χ2v) is 18.0. The van der Waals surface area contributed by atoms with Gasteiger partial charge in [-0.05, 0) is 68.9 Å². The number of allylic oxidation sites excluding steroid dienone is 1. The van der Waals surface area contributed by atoms with Crippen LogP contribution in [0.3, 0.4) is 0 Å². The van der Waals surface area contributed by atoms with Gasteiger partial charge < -0.3 is 25.0 Å². The topological polar surface area (TPSA) is 181 Å². The Kier molecular flexibility index (Phi) is 11.6. The highest BCUT2D eigenvalue weighted by molar-refractivity contribution is 7.92. The van der Waals surface area contributed by atoms with Gasteiger partial charge in [0.25, 0.3) is 15.9 Å². The Labute approximate surface area is 321 Å². The Balaban J connectivity index is 1.26. The van der Waals surface area contributed by atoms with Crippen molar-refractivity contribution in [3.63, 3.8) is 0 Å². The zero-order chi connectivity index (χ0) is 38.1. The molecular formula is C35H41Cl2N5O9S2. The van der Waals surface area contributed by atoms with Gasteiger partial charge in [-0.1, -0.05) is 60.3 Å². The van der Waals surface area contributed by atoms with E-state index in [1.54, 1.807) is 32.1 Å². The minimum Gasteiger partial charge on any atom is -0.447 e. The zero-order valence-electron chi connectivity index (χ0n) is 29.1. The highest BCUT2D eigenvalue weighted by Gasteiger charge is 2.62. The molecule has 1 aromatic carbocycles. The van der Waals surface area contributed by atoms with Crippen molar-refractivity contribution in [1.29, 1.82) is 0 Å². The van der Waals surface area contributed by atoms with Gasteiger partial charge in [-0.3, -0.25) is 19.3 Å². The molecule has 4 heterocycles. The largest absolute Gasteiger partial charge is 0.447 e. The number of thiophene rings is 1. The second-order valence-electron chi connectivity index (χ2n) is 14.0. The highest BCUT2D eigenvalue weighted by atomic mass is 35.5. The van der Waals surface area contributed by atoms with Gasteiger partial charge in [0.05, 0.1) is 23.5 Å². The molecule has 2 aromatic rings. The van der Waals surface area contributed by atoms with E-state index in [9.17, 15) is 32.4 Å². The van der Waals surface area contributed by atoms with Crippen LogP contribution in [0.15, 0.2) is 46.7 Å². The number of benzene rings is 1. The summed E-state index contributed by atoms with van der Waals surface area (Å²) in [7, 11) is -4.32. The van der Waals surface area contributed by atoms with Crippen LogP contribution in [0.4, 0.5) is 9.59 Å². The fraction of sp³-hybridized carbons (Fsp3) is 0.514. The molecule has 4 aliphatic rings. The Bertz CT molecular complexity index is 1920. The van der Waals surface area contributed by atoms with Gasteiger partial charge in [-0.15, -0.1) is 11.3 Å². The Morgan fingerprint density at radius 1 is 1.08 bits per heavy atom. The van der Waals surface area contributed by atoms with Gasteiger partial charge in [0.1, 0.15) is 27.9 Å². The molecule has 18 heteroatoms. The molecule has 3 N–H and O–H groups in total. The number of hydrogen-bond donors (Lipinski definition) is 3. The third-order valence-electron chi connectivity index (χ3n) is 9.77. The molecule has 2 fully saturated rings. The van der Waals surface area contributed by atoms with Gasteiger partial charge >= 0.3 is 12.2 Å². The third-order valence-corrected chi connectivity index (χ3v) is 13.2. The van der Waals surface area contributed by atoms with E-state index in [4.69, 9.17) is 32.7 Å². The summed E-state index contributed by atoms with van der Waals surface area (Å²) in [5.41, 5.74) is 0.0545. The first-order valence-electron chi connectivity index (χ1n) is 17.5. The van der Waals surface area contributed by atoms with E-state index < -0.39 is 75.7 Å². The van der Waals surface area contributed by atoms with Crippen molar-refractivity contribution in [1.82, 2.24) is 25.2 Å². The number of alkyl carbamates (subject to hydrolysis) is 1. The number of carbonyl (C=O) groups excluding carboxylic acids is 5. The molecule has 5 amide bonds. The first-order chi connectivity index (χ1) is 25.2. The molecule has 5 atom stereocenters. The fourth-order valence-electron chi connectivity index (χ4n) is 6.99.